The van der Waals surface area contributed by atoms with Crippen molar-refractivity contribution in [3.8, 4) is 33.4 Å². The van der Waals surface area contributed by atoms with Gasteiger partial charge in [-0.25, -0.2) is 0 Å². The Morgan fingerprint density at radius 2 is 0.882 bits per heavy atom. The molecule has 0 saturated heterocycles. The van der Waals surface area contributed by atoms with Gasteiger partial charge in [-0.3, -0.25) is 0 Å². The lowest BCUT2D eigenvalue weighted by atomic mass is 9.81. The third kappa shape index (κ3) is 4.16. The third-order valence-corrected chi connectivity index (χ3v) is 8.62. The van der Waals surface area contributed by atoms with Crippen LogP contribution in [0.2, 0.25) is 0 Å². The van der Waals surface area contributed by atoms with Crippen LogP contribution in [0.3, 0.4) is 0 Å². The van der Waals surface area contributed by atoms with Gasteiger partial charge in [0.2, 0.25) is 0 Å². The number of furan rings is 1. The van der Waals surface area contributed by atoms with Gasteiger partial charge in [-0.05, 0) is 100.0 Å². The molecule has 1 aromatic heterocycles. The van der Waals surface area contributed by atoms with Crippen LogP contribution in [0.5, 0.6) is 0 Å². The Labute approximate surface area is 336 Å². The highest BCUT2D eigenvalue weighted by Gasteiger charge is 2.23. The highest BCUT2D eigenvalue weighted by atomic mass is 16.3. The molecule has 0 aliphatic heterocycles. The zero-order valence-electron chi connectivity index (χ0n) is 55.4. The molecule has 0 unspecified atom stereocenters. The Morgan fingerprint density at radius 1 is 0.333 bits per heavy atom. The SMILES string of the molecule is [2H]c1c([2H])c(-c2c([2H])c([2H])c3c([2H])c([2H])c([2H])c([2H])c3c2-c2c3c([2H])c([2H])c([2H])c([2H])c3c(-c3c([2H])c([2H])c4c([2H])c([2H])c([2H])c([2H])c4c3[2H])c3c([2H])c([2H])c([2H])c([2H])c23)c2c(oc3c4c([2H])c([2H])c([2H])c([2H])c4c([2H])c([2H])c32)c1[2H]. The molecule has 51 heavy (non-hydrogen) atoms. The van der Waals surface area contributed by atoms with E-state index in [0.717, 1.165) is 0 Å². The fourth-order valence-corrected chi connectivity index (χ4v) is 6.53. The largest absolute Gasteiger partial charge is 0.455 e. The van der Waals surface area contributed by atoms with E-state index in [9.17, 15) is 19.2 Å². The zero-order chi connectivity index (χ0) is 59.6. The lowest BCUT2D eigenvalue weighted by molar-refractivity contribution is 0.673. The first-order chi connectivity index (χ1) is 37.8. The average molecular weight is 677 g/mol. The molecule has 11 aromatic rings. The average Bonchev–Trinajstić information content (AvgIpc) is 3.14. The Kier molecular flexibility index (Phi) is 2.50. The summed E-state index contributed by atoms with van der Waals surface area (Å²) in [6.07, 6.45) is 0. The van der Waals surface area contributed by atoms with Crippen molar-refractivity contribution in [2.45, 2.75) is 0 Å². The minimum atomic E-state index is -1.12. The number of hydrogen-bond donors (Lipinski definition) is 0. The number of fused-ring (bicyclic) bond motifs is 9. The summed E-state index contributed by atoms with van der Waals surface area (Å²) >= 11 is 0. The third-order valence-electron chi connectivity index (χ3n) is 8.62. The molecule has 10 aromatic carbocycles. The van der Waals surface area contributed by atoms with Crippen LogP contribution in [0.15, 0.2) is 186 Å². The molecule has 236 valence electrons. The Morgan fingerprint density at radius 3 is 1.61 bits per heavy atom. The van der Waals surface area contributed by atoms with Crippen molar-refractivity contribution in [1.29, 1.82) is 0 Å². The van der Waals surface area contributed by atoms with E-state index in [-0.39, 0.29) is 0 Å². The number of hydrogen-bond acceptors (Lipinski definition) is 1. The molecule has 0 saturated carbocycles. The molecule has 0 aliphatic carbocycles. The van der Waals surface area contributed by atoms with E-state index in [1.807, 2.05) is 0 Å². The molecule has 0 aliphatic rings. The van der Waals surface area contributed by atoms with Crippen LogP contribution in [0.25, 0.3) is 109 Å². The maximum Gasteiger partial charge on any atom is 0.143 e. The summed E-state index contributed by atoms with van der Waals surface area (Å²) in [5.74, 6) is 0. The van der Waals surface area contributed by atoms with E-state index in [4.69, 9.17) is 26.3 Å². The number of benzene rings is 10. The van der Waals surface area contributed by atoms with E-state index in [1.165, 1.54) is 0 Å². The minimum Gasteiger partial charge on any atom is -0.455 e. The standard InChI is InChI=1S/C50H30O/c1-2-15-34-30-35(25-24-31(34)12-1)46-38-18-7-9-20-41(38)49(42-21-10-8-19-39(42)46)48-36-16-5-3-13-32(36)26-28-43(48)40-22-11-23-45-47(40)44-29-27-33-14-4-6-17-37(33)50(44)51-45/h1-30H/i1D,2D,3D,4D,5D,6D,7D,8D,9D,10D,11D,12D,13D,14D,15D,16D,17D,18D,19D,20D,21D,22D,23D,24D,25D,26D,27D,28D,29D,30D. The lowest BCUT2D eigenvalue weighted by Crippen LogP contribution is -1.94. The fourth-order valence-electron chi connectivity index (χ4n) is 6.53. The lowest BCUT2D eigenvalue weighted by Gasteiger charge is -2.21. The van der Waals surface area contributed by atoms with Gasteiger partial charge in [0.05, 0.1) is 41.1 Å². The first kappa shape index (κ1) is 11.7. The second kappa shape index (κ2) is 10.9. The molecule has 0 radical (unpaired) electrons. The van der Waals surface area contributed by atoms with Crippen LogP contribution in [-0.4, -0.2) is 0 Å². The molecule has 0 fully saturated rings. The molecule has 0 spiro atoms. The Balaban J connectivity index is 1.54. The quantitative estimate of drug-likeness (QED) is 0.170. The van der Waals surface area contributed by atoms with Crippen molar-refractivity contribution in [1.82, 2.24) is 0 Å². The summed E-state index contributed by atoms with van der Waals surface area (Å²) in [6.45, 7) is 0. The summed E-state index contributed by atoms with van der Waals surface area (Å²) in [5.41, 5.74) is -6.46. The van der Waals surface area contributed by atoms with E-state index >= 15 is 0 Å². The van der Waals surface area contributed by atoms with Gasteiger partial charge in [-0.1, -0.05) is 163 Å². The van der Waals surface area contributed by atoms with Crippen LogP contribution in [0, 0.1) is 0 Å². The molecular formula is C50H30O. The van der Waals surface area contributed by atoms with Crippen molar-refractivity contribution < 1.29 is 45.5 Å². The molecular weight excluding hydrogens is 617 g/mol. The van der Waals surface area contributed by atoms with Gasteiger partial charge in [0.15, 0.2) is 0 Å². The monoisotopic (exact) mass is 676 g/mol. The first-order valence-corrected chi connectivity index (χ1v) is 15.2. The molecule has 0 N–H and O–H groups in total. The molecule has 1 heteroatoms. The van der Waals surface area contributed by atoms with Crippen molar-refractivity contribution in [2.75, 3.05) is 0 Å². The Bertz CT molecular complexity index is 4850. The summed E-state index contributed by atoms with van der Waals surface area (Å²) in [5, 5.41) is -8.58. The van der Waals surface area contributed by atoms with Crippen LogP contribution < -0.4 is 0 Å². The molecule has 1 nitrogen and oxygen atoms in total. The van der Waals surface area contributed by atoms with Crippen molar-refractivity contribution >= 4 is 75.8 Å². The summed E-state index contributed by atoms with van der Waals surface area (Å²) < 4.78 is 281. The van der Waals surface area contributed by atoms with Crippen molar-refractivity contribution in [3.63, 3.8) is 0 Å². The number of rotatable bonds is 3. The van der Waals surface area contributed by atoms with Crippen molar-refractivity contribution in [2.24, 2.45) is 0 Å². The maximum atomic E-state index is 9.98. The second-order valence-corrected chi connectivity index (χ2v) is 11.3. The van der Waals surface area contributed by atoms with Gasteiger partial charge in [0.25, 0.3) is 0 Å². The molecule has 0 amide bonds. The van der Waals surface area contributed by atoms with E-state index < -0.39 is 290 Å². The van der Waals surface area contributed by atoms with Gasteiger partial charge in [0, 0.05) is 16.2 Å². The molecule has 0 bridgehead atoms. The smallest absolute Gasteiger partial charge is 0.143 e. The van der Waals surface area contributed by atoms with E-state index in [0.29, 0.717) is 0 Å². The normalized spacial score (nSPS) is 20.2. The summed E-state index contributed by atoms with van der Waals surface area (Å²) in [7, 11) is 0. The molecule has 0 atom stereocenters. The topological polar surface area (TPSA) is 13.1 Å². The van der Waals surface area contributed by atoms with Crippen LogP contribution >= 0.6 is 0 Å². The summed E-state index contributed by atoms with van der Waals surface area (Å²) in [6, 6.07) is -29.4. The van der Waals surface area contributed by atoms with E-state index in [1.54, 1.807) is 0 Å². The zero-order valence-corrected chi connectivity index (χ0v) is 25.4. The van der Waals surface area contributed by atoms with Gasteiger partial charge in [0.1, 0.15) is 11.2 Å². The van der Waals surface area contributed by atoms with E-state index in [2.05, 4.69) is 0 Å². The Hall–Kier alpha value is -6.70. The molecule has 1 heterocycles. The van der Waals surface area contributed by atoms with Gasteiger partial charge in [-0.15, -0.1) is 0 Å². The minimum absolute atomic E-state index is 0.515. The molecule has 11 rings (SSSR count). The first-order valence-electron chi connectivity index (χ1n) is 30.2. The second-order valence-electron chi connectivity index (χ2n) is 11.3. The highest BCUT2D eigenvalue weighted by molar-refractivity contribution is 6.27. The van der Waals surface area contributed by atoms with Gasteiger partial charge < -0.3 is 4.42 Å². The predicted octanol–water partition coefficient (Wildman–Crippen LogP) is 14.4. The predicted molar refractivity (Wildman–Crippen MR) is 218 cm³/mol. The maximum absolute atomic E-state index is 9.98. The van der Waals surface area contributed by atoms with Crippen molar-refractivity contribution in [3.05, 3.63) is 181 Å². The van der Waals surface area contributed by atoms with Crippen LogP contribution in [-0.2, 0) is 0 Å². The van der Waals surface area contributed by atoms with Crippen LogP contribution in [0.1, 0.15) is 41.1 Å². The fraction of sp³-hybridized carbons (Fsp3) is 0. The van der Waals surface area contributed by atoms with Gasteiger partial charge in [-0.2, -0.15) is 0 Å². The highest BCUT2D eigenvalue weighted by Crippen LogP contribution is 2.50. The van der Waals surface area contributed by atoms with Gasteiger partial charge >= 0.3 is 0 Å². The van der Waals surface area contributed by atoms with Crippen LogP contribution in [0.4, 0.5) is 0 Å². The summed E-state index contributed by atoms with van der Waals surface area (Å²) in [4.78, 5) is 0.